The van der Waals surface area contributed by atoms with Crippen molar-refractivity contribution in [3.05, 3.63) is 66.2 Å². The average Bonchev–Trinajstić information content (AvgIpc) is 3.59. The molecule has 1 aromatic heterocycles. The highest BCUT2D eigenvalue weighted by Crippen LogP contribution is 2.38. The van der Waals surface area contributed by atoms with Crippen molar-refractivity contribution < 1.29 is 36.5 Å². The number of hydrogen-bond donors (Lipinski definition) is 1. The Morgan fingerprint density at radius 3 is 2.39 bits per heavy atom. The smallest absolute Gasteiger partial charge is 0.234 e. The molecule has 2 aliphatic rings. The van der Waals surface area contributed by atoms with Crippen LogP contribution in [-0.2, 0) is 16.4 Å². The Bertz CT molecular complexity index is 1580. The van der Waals surface area contributed by atoms with Crippen molar-refractivity contribution in [3.8, 4) is 40.2 Å². The van der Waals surface area contributed by atoms with Crippen LogP contribution in [0.25, 0.3) is 11.5 Å². The van der Waals surface area contributed by atoms with Crippen LogP contribution in [0, 0.1) is 0 Å². The molecule has 0 fully saturated rings. The number of sulfone groups is 1. The fraction of sp³-hybridized carbons (Fsp3) is 0.222. The molecule has 0 bridgehead atoms. The standard InChI is InChI=1S/C27H24N2O8S/c1-2-32-19-6-4-18(5-7-19)25-29-27(38(30,31)20-8-10-21-24(14-20)34-12-11-33-21)26(37-25)28-15-17-3-9-22-23(13-17)36-16-35-22/h3-10,13-14,28H,2,11-12,15-16H2,1H3. The molecule has 0 atom stereocenters. The van der Waals surface area contributed by atoms with E-state index in [0.717, 1.165) is 5.56 Å². The van der Waals surface area contributed by atoms with Crippen LogP contribution in [0.2, 0.25) is 0 Å². The number of ether oxygens (including phenoxy) is 5. The summed E-state index contributed by atoms with van der Waals surface area (Å²) < 4.78 is 61.0. The molecule has 3 heterocycles. The molecule has 0 saturated heterocycles. The highest BCUT2D eigenvalue weighted by atomic mass is 32.2. The lowest BCUT2D eigenvalue weighted by Gasteiger charge is -2.18. The minimum atomic E-state index is -4.09. The first-order valence-electron chi connectivity index (χ1n) is 12.0. The molecule has 0 saturated carbocycles. The number of rotatable bonds is 8. The molecular formula is C27H24N2O8S. The minimum absolute atomic E-state index is 0.0134. The highest BCUT2D eigenvalue weighted by Gasteiger charge is 2.30. The first-order chi connectivity index (χ1) is 18.5. The summed E-state index contributed by atoms with van der Waals surface area (Å²) in [7, 11) is -4.09. The van der Waals surface area contributed by atoms with E-state index in [4.69, 9.17) is 28.1 Å². The largest absolute Gasteiger partial charge is 0.494 e. The van der Waals surface area contributed by atoms with Gasteiger partial charge in [-0.3, -0.25) is 0 Å². The maximum atomic E-state index is 13.8. The number of nitrogens with one attached hydrogen (secondary N) is 1. The van der Waals surface area contributed by atoms with Gasteiger partial charge in [-0.05, 0) is 61.0 Å². The second kappa shape index (κ2) is 9.82. The Balaban J connectivity index is 1.36. The predicted octanol–water partition coefficient (Wildman–Crippen LogP) is 4.69. The molecule has 1 N–H and O–H groups in total. The van der Waals surface area contributed by atoms with Crippen molar-refractivity contribution >= 4 is 15.7 Å². The fourth-order valence-electron chi connectivity index (χ4n) is 4.12. The van der Waals surface area contributed by atoms with E-state index >= 15 is 0 Å². The molecule has 0 amide bonds. The Kier molecular flexibility index (Phi) is 6.20. The lowest BCUT2D eigenvalue weighted by Crippen LogP contribution is -2.16. The number of anilines is 1. The van der Waals surface area contributed by atoms with Gasteiger partial charge in [-0.25, -0.2) is 8.42 Å². The maximum absolute atomic E-state index is 13.8. The summed E-state index contributed by atoms with van der Waals surface area (Å²) in [6, 6.07) is 17.1. The number of hydrogen-bond acceptors (Lipinski definition) is 10. The fourth-order valence-corrected chi connectivity index (χ4v) is 5.41. The summed E-state index contributed by atoms with van der Waals surface area (Å²) in [4.78, 5) is 4.43. The van der Waals surface area contributed by atoms with E-state index in [1.165, 1.54) is 12.1 Å². The van der Waals surface area contributed by atoms with Gasteiger partial charge in [-0.15, -0.1) is 0 Å². The molecule has 196 valence electrons. The molecule has 4 aromatic rings. The molecular weight excluding hydrogens is 512 g/mol. The topological polar surface area (TPSA) is 118 Å². The number of benzene rings is 3. The van der Waals surface area contributed by atoms with Crippen LogP contribution in [0.4, 0.5) is 5.88 Å². The summed E-state index contributed by atoms with van der Waals surface area (Å²) in [5, 5.41) is 2.86. The van der Waals surface area contributed by atoms with Gasteiger partial charge in [0, 0.05) is 18.2 Å². The van der Waals surface area contributed by atoms with E-state index in [-0.39, 0.29) is 35.0 Å². The molecule has 0 spiro atoms. The molecule has 3 aromatic carbocycles. The Hall–Kier alpha value is -4.38. The van der Waals surface area contributed by atoms with Crippen LogP contribution in [0.5, 0.6) is 28.7 Å². The van der Waals surface area contributed by atoms with Crippen molar-refractivity contribution in [1.82, 2.24) is 4.98 Å². The minimum Gasteiger partial charge on any atom is -0.494 e. The highest BCUT2D eigenvalue weighted by molar-refractivity contribution is 7.91. The van der Waals surface area contributed by atoms with Crippen molar-refractivity contribution in [3.63, 3.8) is 0 Å². The molecule has 0 unspecified atom stereocenters. The third kappa shape index (κ3) is 4.56. The van der Waals surface area contributed by atoms with Gasteiger partial charge in [0.1, 0.15) is 19.0 Å². The number of aromatic nitrogens is 1. The normalized spacial score (nSPS) is 13.8. The van der Waals surface area contributed by atoms with E-state index in [1.807, 2.05) is 19.1 Å². The van der Waals surface area contributed by atoms with Gasteiger partial charge in [-0.1, -0.05) is 6.07 Å². The van der Waals surface area contributed by atoms with Gasteiger partial charge in [0.2, 0.25) is 33.4 Å². The first kappa shape index (κ1) is 24.0. The van der Waals surface area contributed by atoms with Crippen molar-refractivity contribution in [1.29, 1.82) is 0 Å². The summed E-state index contributed by atoms with van der Waals surface area (Å²) in [6.45, 7) is 3.60. The van der Waals surface area contributed by atoms with E-state index in [2.05, 4.69) is 10.3 Å². The van der Waals surface area contributed by atoms with Crippen molar-refractivity contribution in [2.24, 2.45) is 0 Å². The quantitative estimate of drug-likeness (QED) is 0.340. The van der Waals surface area contributed by atoms with Gasteiger partial charge in [0.25, 0.3) is 0 Å². The number of fused-ring (bicyclic) bond motifs is 2. The van der Waals surface area contributed by atoms with Gasteiger partial charge >= 0.3 is 0 Å². The zero-order valence-electron chi connectivity index (χ0n) is 20.4. The van der Waals surface area contributed by atoms with E-state index in [1.54, 1.807) is 36.4 Å². The number of oxazole rings is 1. The van der Waals surface area contributed by atoms with Gasteiger partial charge in [-0.2, -0.15) is 4.98 Å². The molecule has 0 aliphatic carbocycles. The van der Waals surface area contributed by atoms with Crippen molar-refractivity contribution in [2.45, 2.75) is 23.4 Å². The maximum Gasteiger partial charge on any atom is 0.234 e. The zero-order valence-corrected chi connectivity index (χ0v) is 21.2. The second-order valence-corrected chi connectivity index (χ2v) is 10.3. The second-order valence-electron chi connectivity index (χ2n) is 8.46. The van der Waals surface area contributed by atoms with Crippen molar-refractivity contribution in [2.75, 3.05) is 31.9 Å². The number of nitrogens with zero attached hydrogens (tertiary/aromatic N) is 1. The van der Waals surface area contributed by atoms with Gasteiger partial charge in [0.15, 0.2) is 23.0 Å². The third-order valence-electron chi connectivity index (χ3n) is 5.98. The average molecular weight is 537 g/mol. The summed E-state index contributed by atoms with van der Waals surface area (Å²) in [5.74, 6) is 3.00. The van der Waals surface area contributed by atoms with Crippen LogP contribution in [0.3, 0.4) is 0 Å². The molecule has 38 heavy (non-hydrogen) atoms. The van der Waals surface area contributed by atoms with Gasteiger partial charge < -0.3 is 33.4 Å². The monoisotopic (exact) mass is 536 g/mol. The molecule has 11 heteroatoms. The summed E-state index contributed by atoms with van der Waals surface area (Å²) in [5.41, 5.74) is 1.44. The lowest BCUT2D eigenvalue weighted by atomic mass is 10.2. The van der Waals surface area contributed by atoms with Gasteiger partial charge in [0.05, 0.1) is 11.5 Å². The van der Waals surface area contributed by atoms with Crippen LogP contribution < -0.4 is 29.0 Å². The SMILES string of the molecule is CCOc1ccc(-c2nc(S(=O)(=O)c3ccc4c(c3)OCCO4)c(NCc3ccc4c(c3)OCO4)o2)cc1. The molecule has 6 rings (SSSR count). The Morgan fingerprint density at radius 1 is 0.868 bits per heavy atom. The molecule has 0 radical (unpaired) electrons. The first-order valence-corrected chi connectivity index (χ1v) is 13.5. The van der Waals surface area contributed by atoms with Crippen LogP contribution in [0.15, 0.2) is 75.0 Å². The third-order valence-corrected chi connectivity index (χ3v) is 7.64. The lowest BCUT2D eigenvalue weighted by molar-refractivity contribution is 0.171. The summed E-state index contributed by atoms with van der Waals surface area (Å²) in [6.07, 6.45) is 0. The molecule has 2 aliphatic heterocycles. The van der Waals surface area contributed by atoms with E-state index in [9.17, 15) is 8.42 Å². The predicted molar refractivity (Wildman–Crippen MR) is 136 cm³/mol. The Morgan fingerprint density at radius 2 is 1.58 bits per heavy atom. The van der Waals surface area contributed by atoms with Crippen LogP contribution >= 0.6 is 0 Å². The van der Waals surface area contributed by atoms with Crippen LogP contribution in [-0.4, -0.2) is 40.0 Å². The molecule has 10 nitrogen and oxygen atoms in total. The van der Waals surface area contributed by atoms with E-state index in [0.29, 0.717) is 54.1 Å². The zero-order chi connectivity index (χ0) is 26.1. The van der Waals surface area contributed by atoms with Crippen LogP contribution in [0.1, 0.15) is 12.5 Å². The Labute approximate surface area is 219 Å². The van der Waals surface area contributed by atoms with E-state index < -0.39 is 9.84 Å². The summed E-state index contributed by atoms with van der Waals surface area (Å²) >= 11 is 0.